The summed E-state index contributed by atoms with van der Waals surface area (Å²) in [5.74, 6) is -0.365. The highest BCUT2D eigenvalue weighted by molar-refractivity contribution is 9.10. The van der Waals surface area contributed by atoms with Gasteiger partial charge in [-0.05, 0) is 42.3 Å². The molecule has 0 aliphatic carbocycles. The average molecular weight is 391 g/mol. The highest BCUT2D eigenvalue weighted by Gasteiger charge is 2.17. The van der Waals surface area contributed by atoms with Crippen LogP contribution in [0.5, 0.6) is 0 Å². The van der Waals surface area contributed by atoms with Gasteiger partial charge in [-0.15, -0.1) is 0 Å². The number of likely N-dealkylation sites (N-methyl/N-ethyl adjacent to an activating group) is 1. The molecule has 0 fully saturated rings. The van der Waals surface area contributed by atoms with Gasteiger partial charge in [0.15, 0.2) is 0 Å². The summed E-state index contributed by atoms with van der Waals surface area (Å²) in [6.07, 6.45) is 0.488. The zero-order chi connectivity index (χ0) is 15.4. The number of halogens is 4. The van der Waals surface area contributed by atoms with Gasteiger partial charge in [0.1, 0.15) is 5.82 Å². The van der Waals surface area contributed by atoms with Crippen LogP contribution in [0.15, 0.2) is 40.9 Å². The van der Waals surface area contributed by atoms with Gasteiger partial charge < -0.3 is 5.32 Å². The van der Waals surface area contributed by atoms with Crippen LogP contribution < -0.4 is 5.32 Å². The third kappa shape index (κ3) is 4.19. The van der Waals surface area contributed by atoms with Crippen LogP contribution in [0, 0.1) is 5.82 Å². The molecule has 1 atom stereocenters. The third-order valence-corrected chi connectivity index (χ3v) is 4.36. The van der Waals surface area contributed by atoms with Gasteiger partial charge in [-0.2, -0.15) is 0 Å². The quantitative estimate of drug-likeness (QED) is 0.681. The summed E-state index contributed by atoms with van der Waals surface area (Å²) >= 11 is 15.5. The van der Waals surface area contributed by atoms with Gasteiger partial charge in [-0.1, -0.05) is 64.3 Å². The first-order valence-corrected chi connectivity index (χ1v) is 8.19. The molecule has 0 amide bonds. The number of rotatable bonds is 5. The Morgan fingerprint density at radius 2 is 1.95 bits per heavy atom. The maximum Gasteiger partial charge on any atom is 0.145 e. The summed E-state index contributed by atoms with van der Waals surface area (Å²) in [6.45, 7) is 2.77. The smallest absolute Gasteiger partial charge is 0.145 e. The van der Waals surface area contributed by atoms with E-state index < -0.39 is 0 Å². The van der Waals surface area contributed by atoms with Crippen LogP contribution in [0.3, 0.4) is 0 Å². The molecule has 1 unspecified atom stereocenters. The van der Waals surface area contributed by atoms with Gasteiger partial charge in [0.05, 0.1) is 5.02 Å². The van der Waals surface area contributed by atoms with Crippen molar-refractivity contribution in [3.8, 4) is 0 Å². The molecular formula is C16H15BrCl2FN. The predicted octanol–water partition coefficient (Wildman–Crippen LogP) is 5.79. The molecular weight excluding hydrogens is 376 g/mol. The van der Waals surface area contributed by atoms with Crippen molar-refractivity contribution in [3.63, 3.8) is 0 Å². The number of benzene rings is 2. The fourth-order valence-corrected chi connectivity index (χ4v) is 3.25. The van der Waals surface area contributed by atoms with E-state index in [-0.39, 0.29) is 16.9 Å². The summed E-state index contributed by atoms with van der Waals surface area (Å²) in [5, 5.41) is 4.14. The lowest BCUT2D eigenvalue weighted by atomic mass is 9.98. The van der Waals surface area contributed by atoms with Crippen LogP contribution in [0.25, 0.3) is 0 Å². The highest BCUT2D eigenvalue weighted by atomic mass is 79.9. The van der Waals surface area contributed by atoms with E-state index in [2.05, 4.69) is 21.2 Å². The molecule has 0 saturated heterocycles. The van der Waals surface area contributed by atoms with E-state index in [4.69, 9.17) is 23.2 Å². The second kappa shape index (κ2) is 7.59. The molecule has 1 nitrogen and oxygen atoms in total. The van der Waals surface area contributed by atoms with Crippen molar-refractivity contribution in [2.24, 2.45) is 0 Å². The molecule has 0 aliphatic heterocycles. The Morgan fingerprint density at radius 1 is 1.19 bits per heavy atom. The first-order chi connectivity index (χ1) is 10.0. The highest BCUT2D eigenvalue weighted by Crippen LogP contribution is 2.30. The lowest BCUT2D eigenvalue weighted by Gasteiger charge is -2.20. The van der Waals surface area contributed by atoms with Gasteiger partial charge in [-0.3, -0.25) is 0 Å². The number of hydrogen-bond acceptors (Lipinski definition) is 1. The summed E-state index contributed by atoms with van der Waals surface area (Å²) in [7, 11) is 0. The maximum atomic E-state index is 14.1. The monoisotopic (exact) mass is 389 g/mol. The van der Waals surface area contributed by atoms with Crippen LogP contribution in [0.2, 0.25) is 10.0 Å². The topological polar surface area (TPSA) is 12.0 Å². The van der Waals surface area contributed by atoms with E-state index >= 15 is 0 Å². The lowest BCUT2D eigenvalue weighted by Crippen LogP contribution is -2.23. The van der Waals surface area contributed by atoms with Gasteiger partial charge >= 0.3 is 0 Å². The second-order valence-electron chi connectivity index (χ2n) is 4.69. The molecule has 2 rings (SSSR count). The minimum atomic E-state index is -0.365. The summed E-state index contributed by atoms with van der Waals surface area (Å²) in [6, 6.07) is 10.7. The van der Waals surface area contributed by atoms with E-state index in [0.717, 1.165) is 16.6 Å². The normalized spacial score (nSPS) is 12.4. The Bertz CT molecular complexity index is 634. The molecule has 0 heterocycles. The Balaban J connectivity index is 2.33. The molecule has 1 N–H and O–H groups in total. The first-order valence-electron chi connectivity index (χ1n) is 6.64. The SMILES string of the molecule is CCNC(Cc1cccc(Cl)c1F)c1ccc(Br)cc1Cl. The van der Waals surface area contributed by atoms with Crippen LogP contribution in [0.4, 0.5) is 4.39 Å². The Hall–Kier alpha value is -0.610. The predicted molar refractivity (Wildman–Crippen MR) is 90.7 cm³/mol. The van der Waals surface area contributed by atoms with E-state index in [9.17, 15) is 4.39 Å². The molecule has 0 aliphatic rings. The number of nitrogens with one attached hydrogen (secondary N) is 1. The second-order valence-corrected chi connectivity index (χ2v) is 6.42. The van der Waals surface area contributed by atoms with Gasteiger partial charge in [0.2, 0.25) is 0 Å². The molecule has 0 bridgehead atoms. The van der Waals surface area contributed by atoms with E-state index in [1.165, 1.54) is 0 Å². The molecule has 0 aromatic heterocycles. The van der Waals surface area contributed by atoms with E-state index in [1.807, 2.05) is 25.1 Å². The van der Waals surface area contributed by atoms with Gasteiger partial charge in [0, 0.05) is 15.5 Å². The van der Waals surface area contributed by atoms with Crippen molar-refractivity contribution in [1.29, 1.82) is 0 Å². The van der Waals surface area contributed by atoms with Crippen molar-refractivity contribution < 1.29 is 4.39 Å². The Labute approximate surface area is 142 Å². The molecule has 21 heavy (non-hydrogen) atoms. The zero-order valence-corrected chi connectivity index (χ0v) is 14.6. The standard InChI is InChI=1S/C16H15BrCl2FN/c1-2-21-15(12-7-6-11(17)9-14(12)19)8-10-4-3-5-13(18)16(10)20/h3-7,9,15,21H,2,8H2,1H3. The van der Waals surface area contributed by atoms with Gasteiger partial charge in [0.25, 0.3) is 0 Å². The van der Waals surface area contributed by atoms with Crippen molar-refractivity contribution in [2.45, 2.75) is 19.4 Å². The van der Waals surface area contributed by atoms with Crippen LogP contribution in [0.1, 0.15) is 24.1 Å². The fraction of sp³-hybridized carbons (Fsp3) is 0.250. The molecule has 2 aromatic carbocycles. The van der Waals surface area contributed by atoms with Gasteiger partial charge in [-0.25, -0.2) is 4.39 Å². The largest absolute Gasteiger partial charge is 0.310 e. The van der Waals surface area contributed by atoms with E-state index in [1.54, 1.807) is 18.2 Å². The number of hydrogen-bond donors (Lipinski definition) is 1. The third-order valence-electron chi connectivity index (χ3n) is 3.24. The molecule has 0 radical (unpaired) electrons. The maximum absolute atomic E-state index is 14.1. The van der Waals surface area contributed by atoms with Crippen molar-refractivity contribution >= 4 is 39.1 Å². The molecule has 0 saturated carbocycles. The molecule has 5 heteroatoms. The summed E-state index contributed by atoms with van der Waals surface area (Å²) in [5.41, 5.74) is 1.52. The van der Waals surface area contributed by atoms with Crippen molar-refractivity contribution in [2.75, 3.05) is 6.54 Å². The molecule has 0 spiro atoms. The zero-order valence-electron chi connectivity index (χ0n) is 11.5. The minimum absolute atomic E-state index is 0.0661. The minimum Gasteiger partial charge on any atom is -0.310 e. The molecule has 2 aromatic rings. The van der Waals surface area contributed by atoms with E-state index in [0.29, 0.717) is 17.0 Å². The van der Waals surface area contributed by atoms with Crippen LogP contribution in [-0.2, 0) is 6.42 Å². The average Bonchev–Trinajstić information content (AvgIpc) is 2.43. The van der Waals surface area contributed by atoms with Crippen LogP contribution in [-0.4, -0.2) is 6.54 Å². The van der Waals surface area contributed by atoms with Crippen LogP contribution >= 0.6 is 39.1 Å². The van der Waals surface area contributed by atoms with Crippen molar-refractivity contribution in [3.05, 3.63) is 67.9 Å². The lowest BCUT2D eigenvalue weighted by molar-refractivity contribution is 0.528. The first kappa shape index (κ1) is 16.8. The Morgan fingerprint density at radius 3 is 2.62 bits per heavy atom. The summed E-state index contributed by atoms with van der Waals surface area (Å²) < 4.78 is 15.0. The Kier molecular flexibility index (Phi) is 6.06. The fourth-order valence-electron chi connectivity index (χ4n) is 2.25. The molecule has 112 valence electrons. The van der Waals surface area contributed by atoms with Crippen molar-refractivity contribution in [1.82, 2.24) is 5.32 Å². The summed E-state index contributed by atoms with van der Waals surface area (Å²) in [4.78, 5) is 0.